The van der Waals surface area contributed by atoms with Crippen molar-refractivity contribution in [3.8, 4) is 0 Å². The minimum Gasteiger partial charge on any atom is -0.393 e. The summed E-state index contributed by atoms with van der Waals surface area (Å²) < 4.78 is 0. The smallest absolute Gasteiger partial charge is 0.304 e. The molecular formula is C12H11N5O3. The van der Waals surface area contributed by atoms with E-state index in [1.165, 1.54) is 30.7 Å². The van der Waals surface area contributed by atoms with Crippen molar-refractivity contribution in [2.75, 3.05) is 5.73 Å². The number of para-hydroxylation sites is 1. The van der Waals surface area contributed by atoms with Crippen LogP contribution in [-0.4, -0.2) is 20.8 Å². The molecule has 2 aromatic rings. The van der Waals surface area contributed by atoms with Gasteiger partial charge in [-0.15, -0.1) is 0 Å². The number of nitro benzene ring substituents is 1. The van der Waals surface area contributed by atoms with Crippen LogP contribution in [0.15, 0.2) is 36.8 Å². The average molecular weight is 273 g/mol. The SMILES string of the molecule is Nc1cccc(C(=O)NCc2ccncn2)c1[N+](=O)[O-]. The molecule has 1 amide bonds. The zero-order valence-electron chi connectivity index (χ0n) is 10.3. The molecule has 1 aromatic heterocycles. The number of carbonyl (C=O) groups is 1. The van der Waals surface area contributed by atoms with Gasteiger partial charge in [0.05, 0.1) is 17.2 Å². The summed E-state index contributed by atoms with van der Waals surface area (Å²) in [6.45, 7) is 0.146. The monoisotopic (exact) mass is 273 g/mol. The second-order valence-electron chi connectivity index (χ2n) is 3.88. The number of nitro groups is 1. The van der Waals surface area contributed by atoms with Crippen molar-refractivity contribution >= 4 is 17.3 Å². The van der Waals surface area contributed by atoms with E-state index in [0.29, 0.717) is 5.69 Å². The fraction of sp³-hybridized carbons (Fsp3) is 0.0833. The molecule has 0 bridgehead atoms. The number of rotatable bonds is 4. The van der Waals surface area contributed by atoms with Crippen LogP contribution in [0, 0.1) is 10.1 Å². The fourth-order valence-electron chi connectivity index (χ4n) is 1.64. The summed E-state index contributed by atoms with van der Waals surface area (Å²) in [5.74, 6) is -0.581. The summed E-state index contributed by atoms with van der Waals surface area (Å²) in [5, 5.41) is 13.5. The van der Waals surface area contributed by atoms with Crippen molar-refractivity contribution in [3.05, 3.63) is 58.2 Å². The third kappa shape index (κ3) is 2.86. The van der Waals surface area contributed by atoms with Crippen LogP contribution in [0.3, 0.4) is 0 Å². The van der Waals surface area contributed by atoms with Gasteiger partial charge >= 0.3 is 5.69 Å². The Labute approximate surface area is 113 Å². The molecule has 20 heavy (non-hydrogen) atoms. The fourth-order valence-corrected chi connectivity index (χ4v) is 1.64. The van der Waals surface area contributed by atoms with Crippen molar-refractivity contribution in [3.63, 3.8) is 0 Å². The zero-order chi connectivity index (χ0) is 14.5. The van der Waals surface area contributed by atoms with E-state index in [1.54, 1.807) is 6.07 Å². The summed E-state index contributed by atoms with van der Waals surface area (Å²) in [4.78, 5) is 29.9. The number of nitrogens with zero attached hydrogens (tertiary/aromatic N) is 3. The van der Waals surface area contributed by atoms with Gasteiger partial charge in [-0.3, -0.25) is 14.9 Å². The highest BCUT2D eigenvalue weighted by Gasteiger charge is 2.22. The predicted molar refractivity (Wildman–Crippen MR) is 70.7 cm³/mol. The number of nitrogens with two attached hydrogens (primary N) is 1. The van der Waals surface area contributed by atoms with E-state index in [4.69, 9.17) is 5.73 Å². The van der Waals surface area contributed by atoms with Crippen LogP contribution in [0.2, 0.25) is 0 Å². The van der Waals surface area contributed by atoms with Crippen molar-refractivity contribution in [1.29, 1.82) is 0 Å². The van der Waals surface area contributed by atoms with Gasteiger partial charge < -0.3 is 11.1 Å². The maximum Gasteiger partial charge on any atom is 0.304 e. The highest BCUT2D eigenvalue weighted by molar-refractivity contribution is 6.00. The standard InChI is InChI=1S/C12H11N5O3/c13-10-3-1-2-9(11(10)17(19)20)12(18)15-6-8-4-5-14-7-16-8/h1-5,7H,6,13H2,(H,15,18). The predicted octanol–water partition coefficient (Wildman–Crippen LogP) is 0.897. The number of carbonyl (C=O) groups excluding carboxylic acids is 1. The van der Waals surface area contributed by atoms with Gasteiger partial charge in [-0.2, -0.15) is 0 Å². The van der Waals surface area contributed by atoms with Gasteiger partial charge in [-0.1, -0.05) is 6.07 Å². The largest absolute Gasteiger partial charge is 0.393 e. The van der Waals surface area contributed by atoms with Gasteiger partial charge in [0.25, 0.3) is 5.91 Å². The second kappa shape index (κ2) is 5.74. The number of nitrogen functional groups attached to an aromatic ring is 1. The summed E-state index contributed by atoms with van der Waals surface area (Å²) in [6.07, 6.45) is 2.89. The Kier molecular flexibility index (Phi) is 3.85. The first kappa shape index (κ1) is 13.4. The van der Waals surface area contributed by atoms with Crippen LogP contribution < -0.4 is 11.1 Å². The van der Waals surface area contributed by atoms with Gasteiger partial charge in [0.15, 0.2) is 0 Å². The number of hydrogen-bond donors (Lipinski definition) is 2. The Balaban J connectivity index is 2.18. The van der Waals surface area contributed by atoms with Crippen LogP contribution in [0.5, 0.6) is 0 Å². The van der Waals surface area contributed by atoms with Crippen LogP contribution in [-0.2, 0) is 6.54 Å². The quantitative estimate of drug-likeness (QED) is 0.484. The first-order valence-corrected chi connectivity index (χ1v) is 5.65. The van der Waals surface area contributed by atoms with Crippen LogP contribution in [0.1, 0.15) is 16.1 Å². The molecule has 8 heteroatoms. The summed E-state index contributed by atoms with van der Waals surface area (Å²) in [6, 6.07) is 5.85. The van der Waals surface area contributed by atoms with E-state index in [2.05, 4.69) is 15.3 Å². The third-order valence-electron chi connectivity index (χ3n) is 2.57. The molecule has 0 fully saturated rings. The maximum atomic E-state index is 12.0. The van der Waals surface area contributed by atoms with E-state index >= 15 is 0 Å². The van der Waals surface area contributed by atoms with E-state index in [-0.39, 0.29) is 17.8 Å². The summed E-state index contributed by atoms with van der Waals surface area (Å²) >= 11 is 0. The van der Waals surface area contributed by atoms with Gasteiger partial charge in [-0.25, -0.2) is 9.97 Å². The molecule has 0 saturated carbocycles. The van der Waals surface area contributed by atoms with Gasteiger partial charge in [-0.05, 0) is 18.2 Å². The lowest BCUT2D eigenvalue weighted by Gasteiger charge is -2.06. The third-order valence-corrected chi connectivity index (χ3v) is 2.57. The number of anilines is 1. The molecule has 2 rings (SSSR count). The number of benzene rings is 1. The molecule has 0 atom stereocenters. The number of hydrogen-bond acceptors (Lipinski definition) is 6. The topological polar surface area (TPSA) is 124 Å². The Morgan fingerprint density at radius 3 is 2.85 bits per heavy atom. The highest BCUT2D eigenvalue weighted by Crippen LogP contribution is 2.25. The summed E-state index contributed by atoms with van der Waals surface area (Å²) in [5.41, 5.74) is 5.60. The molecular weight excluding hydrogens is 262 g/mol. The van der Waals surface area contributed by atoms with Crippen molar-refractivity contribution in [2.24, 2.45) is 0 Å². The highest BCUT2D eigenvalue weighted by atomic mass is 16.6. The first-order valence-electron chi connectivity index (χ1n) is 5.65. The van der Waals surface area contributed by atoms with E-state index in [0.717, 1.165) is 0 Å². The van der Waals surface area contributed by atoms with Crippen LogP contribution >= 0.6 is 0 Å². The molecule has 0 radical (unpaired) electrons. The Bertz CT molecular complexity index is 645. The second-order valence-corrected chi connectivity index (χ2v) is 3.88. The molecule has 0 saturated heterocycles. The van der Waals surface area contributed by atoms with Crippen molar-refractivity contribution < 1.29 is 9.72 Å². The Hall–Kier alpha value is -3.03. The maximum absolute atomic E-state index is 12.0. The molecule has 3 N–H and O–H groups in total. The van der Waals surface area contributed by atoms with Crippen molar-refractivity contribution in [1.82, 2.24) is 15.3 Å². The van der Waals surface area contributed by atoms with E-state index in [9.17, 15) is 14.9 Å². The van der Waals surface area contributed by atoms with E-state index in [1.807, 2.05) is 0 Å². The van der Waals surface area contributed by atoms with Crippen LogP contribution in [0.25, 0.3) is 0 Å². The number of amides is 1. The Morgan fingerprint density at radius 2 is 2.20 bits per heavy atom. The number of aromatic nitrogens is 2. The molecule has 0 aliphatic carbocycles. The normalized spacial score (nSPS) is 10.0. The summed E-state index contributed by atoms with van der Waals surface area (Å²) in [7, 11) is 0. The zero-order valence-corrected chi connectivity index (χ0v) is 10.3. The Morgan fingerprint density at radius 1 is 1.40 bits per heavy atom. The minimum atomic E-state index is -0.672. The van der Waals surface area contributed by atoms with E-state index < -0.39 is 16.5 Å². The lowest BCUT2D eigenvalue weighted by Crippen LogP contribution is -2.24. The molecule has 8 nitrogen and oxygen atoms in total. The molecule has 0 spiro atoms. The molecule has 102 valence electrons. The minimum absolute atomic E-state index is 0.0512. The molecule has 0 unspecified atom stereocenters. The molecule has 0 aliphatic heterocycles. The van der Waals surface area contributed by atoms with Crippen LogP contribution in [0.4, 0.5) is 11.4 Å². The first-order chi connectivity index (χ1) is 9.59. The van der Waals surface area contributed by atoms with Crippen molar-refractivity contribution in [2.45, 2.75) is 6.54 Å². The molecule has 0 aliphatic rings. The van der Waals surface area contributed by atoms with Gasteiger partial charge in [0.1, 0.15) is 17.6 Å². The van der Waals surface area contributed by atoms with Gasteiger partial charge in [0.2, 0.25) is 0 Å². The molecule has 1 heterocycles. The molecule has 1 aromatic carbocycles. The average Bonchev–Trinajstić information content (AvgIpc) is 2.45. The number of nitrogens with one attached hydrogen (secondary N) is 1. The lowest BCUT2D eigenvalue weighted by atomic mass is 10.1. The lowest BCUT2D eigenvalue weighted by molar-refractivity contribution is -0.384. The van der Waals surface area contributed by atoms with Gasteiger partial charge in [0, 0.05) is 6.20 Å².